The predicted molar refractivity (Wildman–Crippen MR) is 122 cm³/mol. The molecule has 9 atom stereocenters. The zero-order chi connectivity index (χ0) is 19.7. The average Bonchev–Trinajstić information content (AvgIpc) is 3.51. The first kappa shape index (κ1) is 16.4. The molecule has 0 aromatic heterocycles. The Balaban J connectivity index is 1.34. The highest BCUT2D eigenvalue weighted by Crippen LogP contribution is 2.74. The van der Waals surface area contributed by atoms with E-state index in [2.05, 4.69) is 67.8 Å². The van der Waals surface area contributed by atoms with Crippen molar-refractivity contribution in [1.82, 2.24) is 0 Å². The van der Waals surface area contributed by atoms with Gasteiger partial charge in [-0.1, -0.05) is 54.7 Å². The maximum Gasteiger partial charge on any atom is 0.0354 e. The van der Waals surface area contributed by atoms with Crippen LogP contribution in [0.4, 0.5) is 0 Å². The van der Waals surface area contributed by atoms with E-state index in [0.717, 1.165) is 41.9 Å². The highest BCUT2D eigenvalue weighted by atomic mass is 14.7. The average molecular weight is 389 g/mol. The van der Waals surface area contributed by atoms with Crippen LogP contribution >= 0.6 is 0 Å². The van der Waals surface area contributed by atoms with Crippen LogP contribution in [-0.4, -0.2) is 0 Å². The van der Waals surface area contributed by atoms with E-state index in [1.165, 1.54) is 24.0 Å². The molecular weight excluding hydrogens is 360 g/mol. The molecule has 0 heterocycles. The summed E-state index contributed by atoms with van der Waals surface area (Å²) >= 11 is 0. The minimum atomic E-state index is 0.514. The predicted octanol–water partition coefficient (Wildman–Crippen LogP) is 6.67. The first-order valence-corrected chi connectivity index (χ1v) is 12.0. The second-order valence-corrected chi connectivity index (χ2v) is 10.9. The van der Waals surface area contributed by atoms with Crippen LogP contribution in [0.5, 0.6) is 0 Å². The van der Waals surface area contributed by atoms with Crippen LogP contribution in [0.1, 0.15) is 19.3 Å². The Bertz CT molecular complexity index is 1150. The topological polar surface area (TPSA) is 0 Å². The van der Waals surface area contributed by atoms with Gasteiger partial charge in [-0.05, 0) is 106 Å². The van der Waals surface area contributed by atoms with Crippen LogP contribution in [0.3, 0.4) is 0 Å². The summed E-state index contributed by atoms with van der Waals surface area (Å²) in [6, 6.07) is 0. The Labute approximate surface area is 179 Å². The summed E-state index contributed by atoms with van der Waals surface area (Å²) in [5, 5.41) is 0. The first-order valence-electron chi connectivity index (χ1n) is 12.0. The van der Waals surface area contributed by atoms with E-state index in [0.29, 0.717) is 17.8 Å². The molecule has 9 unspecified atom stereocenters. The van der Waals surface area contributed by atoms with Crippen molar-refractivity contribution in [2.24, 2.45) is 53.3 Å². The molecule has 0 aliphatic heterocycles. The van der Waals surface area contributed by atoms with Crippen molar-refractivity contribution >= 4 is 0 Å². The van der Waals surface area contributed by atoms with E-state index in [4.69, 9.17) is 0 Å². The molecule has 0 heteroatoms. The van der Waals surface area contributed by atoms with E-state index < -0.39 is 0 Å². The molecule has 8 aliphatic rings. The fourth-order valence-corrected chi connectivity index (χ4v) is 9.54. The lowest BCUT2D eigenvalue weighted by atomic mass is 9.65. The van der Waals surface area contributed by atoms with Crippen molar-refractivity contribution in [2.75, 3.05) is 0 Å². The summed E-state index contributed by atoms with van der Waals surface area (Å²) in [5.74, 6) is 6.73. The van der Waals surface area contributed by atoms with E-state index in [1.807, 2.05) is 0 Å². The van der Waals surface area contributed by atoms with E-state index in [1.54, 1.807) is 27.9 Å². The summed E-state index contributed by atoms with van der Waals surface area (Å²) in [6.45, 7) is 8.51. The maximum absolute atomic E-state index is 4.25. The summed E-state index contributed by atoms with van der Waals surface area (Å²) in [4.78, 5) is 0. The normalized spacial score (nSPS) is 47.6. The van der Waals surface area contributed by atoms with Gasteiger partial charge in [0.15, 0.2) is 0 Å². The van der Waals surface area contributed by atoms with Gasteiger partial charge in [0, 0.05) is 5.92 Å². The zero-order valence-electron chi connectivity index (χ0n) is 17.4. The molecule has 8 aliphatic carbocycles. The lowest BCUT2D eigenvalue weighted by molar-refractivity contribution is 0.141. The summed E-state index contributed by atoms with van der Waals surface area (Å²) in [5.41, 5.74) is 11.4. The lowest BCUT2D eigenvalue weighted by Gasteiger charge is -2.39. The Morgan fingerprint density at radius 1 is 0.833 bits per heavy atom. The second-order valence-electron chi connectivity index (χ2n) is 10.9. The van der Waals surface area contributed by atoms with E-state index >= 15 is 0 Å². The number of rotatable bonds is 2. The van der Waals surface area contributed by atoms with E-state index in [9.17, 15) is 0 Å². The van der Waals surface area contributed by atoms with Crippen molar-refractivity contribution in [2.45, 2.75) is 19.3 Å². The molecule has 3 fully saturated rings. The van der Waals surface area contributed by atoms with Crippen molar-refractivity contribution in [1.29, 1.82) is 0 Å². The smallest absolute Gasteiger partial charge is 0.0354 e. The molecule has 0 nitrogen and oxygen atoms in total. The number of allylic oxidation sites excluding steroid dienone is 16. The molecule has 0 amide bonds. The summed E-state index contributed by atoms with van der Waals surface area (Å²) in [7, 11) is 0. The van der Waals surface area contributed by atoms with Crippen molar-refractivity contribution in [3.05, 3.63) is 107 Å². The third kappa shape index (κ3) is 1.64. The van der Waals surface area contributed by atoms with Crippen molar-refractivity contribution in [3.8, 4) is 0 Å². The van der Waals surface area contributed by atoms with Gasteiger partial charge in [0.05, 0.1) is 0 Å². The van der Waals surface area contributed by atoms with Gasteiger partial charge in [0.2, 0.25) is 0 Å². The highest BCUT2D eigenvalue weighted by Gasteiger charge is 2.67. The monoisotopic (exact) mass is 388 g/mol. The SMILES string of the molecule is C=CC1CC(C=C)C2C3CC(C4C5=CC=C6C=CC7=C8C(=CC(=C5C68)C34)C=CC7)C12. The van der Waals surface area contributed by atoms with Crippen LogP contribution in [0, 0.1) is 53.3 Å². The van der Waals surface area contributed by atoms with Crippen LogP contribution in [0.2, 0.25) is 0 Å². The number of hydrogen-bond donors (Lipinski definition) is 0. The Morgan fingerprint density at radius 2 is 1.63 bits per heavy atom. The molecule has 3 saturated carbocycles. The van der Waals surface area contributed by atoms with Crippen LogP contribution in [0.25, 0.3) is 0 Å². The molecule has 0 radical (unpaired) electrons. The lowest BCUT2D eigenvalue weighted by Crippen LogP contribution is -2.35. The van der Waals surface area contributed by atoms with Gasteiger partial charge in [-0.15, -0.1) is 13.2 Å². The second kappa shape index (κ2) is 5.28. The van der Waals surface area contributed by atoms with Gasteiger partial charge in [0.1, 0.15) is 0 Å². The van der Waals surface area contributed by atoms with Crippen LogP contribution in [-0.2, 0) is 0 Å². The number of hydrogen-bond acceptors (Lipinski definition) is 0. The largest absolute Gasteiger partial charge is 0.103 e. The quantitative estimate of drug-likeness (QED) is 0.464. The van der Waals surface area contributed by atoms with E-state index in [-0.39, 0.29) is 0 Å². The molecule has 0 aromatic rings. The van der Waals surface area contributed by atoms with Crippen LogP contribution in [0.15, 0.2) is 107 Å². The zero-order valence-corrected chi connectivity index (χ0v) is 17.4. The summed E-state index contributed by atoms with van der Waals surface area (Å²) in [6.07, 6.45) is 25.6. The molecule has 0 N–H and O–H groups in total. The van der Waals surface area contributed by atoms with Gasteiger partial charge in [0.25, 0.3) is 0 Å². The van der Waals surface area contributed by atoms with Gasteiger partial charge >= 0.3 is 0 Å². The van der Waals surface area contributed by atoms with Gasteiger partial charge in [-0.3, -0.25) is 0 Å². The van der Waals surface area contributed by atoms with Crippen LogP contribution < -0.4 is 0 Å². The minimum Gasteiger partial charge on any atom is -0.103 e. The molecule has 8 rings (SSSR count). The standard InChI is InChI=1S/C30H28/c1-3-15-12-16(4-2)26-23-14-22(25(15)26)29-20-11-10-18-9-8-17-6-5-7-19-13-21(30(23)29)28(20)27(18)24(17)19/h3-5,7-11,13,15-16,22-23,25-27,29-30H,1-2,6,12,14H2. The third-order valence-corrected chi connectivity index (χ3v) is 10.2. The van der Waals surface area contributed by atoms with Gasteiger partial charge in [-0.25, -0.2) is 0 Å². The molecular formula is C30H28. The highest BCUT2D eigenvalue weighted by molar-refractivity contribution is 5.73. The first-order chi connectivity index (χ1) is 14.8. The van der Waals surface area contributed by atoms with Crippen molar-refractivity contribution < 1.29 is 0 Å². The molecule has 0 saturated heterocycles. The summed E-state index contributed by atoms with van der Waals surface area (Å²) < 4.78 is 0. The van der Waals surface area contributed by atoms with Gasteiger partial charge < -0.3 is 0 Å². The molecule has 30 heavy (non-hydrogen) atoms. The fraction of sp³-hybridized carbons (Fsp3) is 0.400. The molecule has 0 aromatic carbocycles. The molecule has 148 valence electrons. The number of fused-ring (bicyclic) bond motifs is 10. The Morgan fingerprint density at radius 3 is 2.43 bits per heavy atom. The Hall–Kier alpha value is -2.34. The van der Waals surface area contributed by atoms with Gasteiger partial charge in [-0.2, -0.15) is 0 Å². The minimum absolute atomic E-state index is 0.514. The molecule has 2 bridgehead atoms. The molecule has 0 spiro atoms. The fourth-order valence-electron chi connectivity index (χ4n) is 9.54. The maximum atomic E-state index is 4.25. The van der Waals surface area contributed by atoms with Crippen molar-refractivity contribution in [3.63, 3.8) is 0 Å². The third-order valence-electron chi connectivity index (χ3n) is 10.2. The Kier molecular flexibility index (Phi) is 2.88.